The standard InChI is InChI=1S/C15H19N3O/c1-9(2)10(3)15(19)18-13-7-6-12(16)14-11(13)5-4-8-17-14/h4-10H,16H2,1-3H3,(H,18,19). The Kier molecular flexibility index (Phi) is 3.69. The summed E-state index contributed by atoms with van der Waals surface area (Å²) in [5, 5.41) is 3.83. The number of pyridine rings is 1. The van der Waals surface area contributed by atoms with Gasteiger partial charge in [0, 0.05) is 17.5 Å². The molecule has 0 aliphatic carbocycles. The summed E-state index contributed by atoms with van der Waals surface area (Å²) in [6, 6.07) is 7.34. The Labute approximate surface area is 113 Å². The second-order valence-electron chi connectivity index (χ2n) is 5.12. The molecule has 1 atom stereocenters. The van der Waals surface area contributed by atoms with Crippen molar-refractivity contribution >= 4 is 28.2 Å². The van der Waals surface area contributed by atoms with Crippen LogP contribution >= 0.6 is 0 Å². The molecule has 3 N–H and O–H groups in total. The molecule has 0 saturated heterocycles. The molecule has 0 aliphatic heterocycles. The Hall–Kier alpha value is -2.10. The summed E-state index contributed by atoms with van der Waals surface area (Å²) in [6.07, 6.45) is 1.70. The first-order valence-corrected chi connectivity index (χ1v) is 6.44. The van der Waals surface area contributed by atoms with Crippen LogP contribution in [-0.2, 0) is 4.79 Å². The Morgan fingerprint density at radius 1 is 1.26 bits per heavy atom. The van der Waals surface area contributed by atoms with Gasteiger partial charge in [-0.25, -0.2) is 0 Å². The van der Waals surface area contributed by atoms with Gasteiger partial charge >= 0.3 is 0 Å². The molecule has 4 nitrogen and oxygen atoms in total. The van der Waals surface area contributed by atoms with Gasteiger partial charge in [-0.3, -0.25) is 9.78 Å². The molecule has 0 aliphatic rings. The number of nitrogens with one attached hydrogen (secondary N) is 1. The van der Waals surface area contributed by atoms with Gasteiger partial charge in [0.15, 0.2) is 0 Å². The number of anilines is 2. The molecule has 0 fully saturated rings. The van der Waals surface area contributed by atoms with Gasteiger partial charge in [0.2, 0.25) is 5.91 Å². The first-order valence-electron chi connectivity index (χ1n) is 6.44. The first-order chi connectivity index (χ1) is 9.00. The lowest BCUT2D eigenvalue weighted by Gasteiger charge is -2.16. The molecule has 0 spiro atoms. The van der Waals surface area contributed by atoms with E-state index in [1.165, 1.54) is 0 Å². The van der Waals surface area contributed by atoms with Gasteiger partial charge in [-0.05, 0) is 30.2 Å². The van der Waals surface area contributed by atoms with Crippen molar-refractivity contribution in [3.05, 3.63) is 30.5 Å². The van der Waals surface area contributed by atoms with Gasteiger partial charge in [0.25, 0.3) is 0 Å². The van der Waals surface area contributed by atoms with E-state index in [1.54, 1.807) is 12.3 Å². The van der Waals surface area contributed by atoms with Crippen molar-refractivity contribution in [1.82, 2.24) is 4.98 Å². The number of nitrogens with zero attached hydrogens (tertiary/aromatic N) is 1. The summed E-state index contributed by atoms with van der Waals surface area (Å²) in [4.78, 5) is 16.4. The van der Waals surface area contributed by atoms with Crippen molar-refractivity contribution in [2.45, 2.75) is 20.8 Å². The average molecular weight is 257 g/mol. The third kappa shape index (κ3) is 2.67. The van der Waals surface area contributed by atoms with Gasteiger partial charge in [-0.1, -0.05) is 20.8 Å². The third-order valence-corrected chi connectivity index (χ3v) is 3.47. The van der Waals surface area contributed by atoms with E-state index in [9.17, 15) is 4.79 Å². The number of amides is 1. The molecule has 1 aromatic heterocycles. The molecule has 0 bridgehead atoms. The summed E-state index contributed by atoms with van der Waals surface area (Å²) in [5.41, 5.74) is 7.98. The molecule has 1 unspecified atom stereocenters. The predicted octanol–water partition coefficient (Wildman–Crippen LogP) is 3.05. The van der Waals surface area contributed by atoms with Gasteiger partial charge in [-0.2, -0.15) is 0 Å². The highest BCUT2D eigenvalue weighted by Crippen LogP contribution is 2.27. The van der Waals surface area contributed by atoms with Gasteiger partial charge in [0.05, 0.1) is 16.9 Å². The fraction of sp³-hybridized carbons (Fsp3) is 0.333. The molecule has 2 rings (SSSR count). The lowest BCUT2D eigenvalue weighted by Crippen LogP contribution is -2.24. The van der Waals surface area contributed by atoms with Crippen LogP contribution in [0.25, 0.3) is 10.9 Å². The number of carbonyl (C=O) groups is 1. The van der Waals surface area contributed by atoms with E-state index in [-0.39, 0.29) is 11.8 Å². The quantitative estimate of drug-likeness (QED) is 0.830. The fourth-order valence-electron chi connectivity index (χ4n) is 1.85. The van der Waals surface area contributed by atoms with E-state index < -0.39 is 0 Å². The van der Waals surface area contributed by atoms with Crippen LogP contribution in [0.1, 0.15) is 20.8 Å². The van der Waals surface area contributed by atoms with Crippen LogP contribution in [0.3, 0.4) is 0 Å². The molecule has 4 heteroatoms. The fourth-order valence-corrected chi connectivity index (χ4v) is 1.85. The van der Waals surface area contributed by atoms with E-state index in [4.69, 9.17) is 5.73 Å². The highest BCUT2D eigenvalue weighted by Gasteiger charge is 2.17. The molecule has 100 valence electrons. The minimum absolute atomic E-state index is 0.0184. The van der Waals surface area contributed by atoms with Crippen molar-refractivity contribution in [1.29, 1.82) is 0 Å². The van der Waals surface area contributed by atoms with E-state index in [2.05, 4.69) is 10.3 Å². The van der Waals surface area contributed by atoms with E-state index in [0.717, 1.165) is 16.6 Å². The van der Waals surface area contributed by atoms with Crippen LogP contribution in [-0.4, -0.2) is 10.9 Å². The number of benzene rings is 1. The van der Waals surface area contributed by atoms with E-state index >= 15 is 0 Å². The SMILES string of the molecule is CC(C)C(C)C(=O)Nc1ccc(N)c2ncccc12. The lowest BCUT2D eigenvalue weighted by molar-refractivity contribution is -0.120. The molecule has 1 amide bonds. The minimum atomic E-state index is -0.0377. The number of fused-ring (bicyclic) bond motifs is 1. The lowest BCUT2D eigenvalue weighted by atomic mass is 9.97. The second-order valence-corrected chi connectivity index (χ2v) is 5.12. The minimum Gasteiger partial charge on any atom is -0.397 e. The number of hydrogen-bond acceptors (Lipinski definition) is 3. The topological polar surface area (TPSA) is 68.0 Å². The molecule has 0 saturated carbocycles. The van der Waals surface area contributed by atoms with Crippen molar-refractivity contribution in [3.8, 4) is 0 Å². The highest BCUT2D eigenvalue weighted by atomic mass is 16.1. The van der Waals surface area contributed by atoms with Crippen LogP contribution in [0.15, 0.2) is 30.5 Å². The Balaban J connectivity index is 2.36. The maximum Gasteiger partial charge on any atom is 0.227 e. The zero-order valence-electron chi connectivity index (χ0n) is 11.5. The highest BCUT2D eigenvalue weighted by molar-refractivity contribution is 6.04. The van der Waals surface area contributed by atoms with E-state index in [1.807, 2.05) is 39.0 Å². The molecular formula is C15H19N3O. The zero-order valence-corrected chi connectivity index (χ0v) is 11.5. The normalized spacial score (nSPS) is 12.6. The smallest absolute Gasteiger partial charge is 0.227 e. The summed E-state index contributed by atoms with van der Waals surface area (Å²) >= 11 is 0. The Morgan fingerprint density at radius 2 is 2.00 bits per heavy atom. The number of rotatable bonds is 3. The predicted molar refractivity (Wildman–Crippen MR) is 78.8 cm³/mol. The average Bonchev–Trinajstić information content (AvgIpc) is 2.41. The molecule has 1 aromatic carbocycles. The number of carbonyl (C=O) groups excluding carboxylic acids is 1. The number of aromatic nitrogens is 1. The molecule has 2 aromatic rings. The number of nitrogens with two attached hydrogens (primary N) is 1. The number of nitrogen functional groups attached to an aromatic ring is 1. The monoisotopic (exact) mass is 257 g/mol. The van der Waals surface area contributed by atoms with E-state index in [0.29, 0.717) is 11.6 Å². The maximum atomic E-state index is 12.1. The summed E-state index contributed by atoms with van der Waals surface area (Å²) < 4.78 is 0. The molecule has 0 radical (unpaired) electrons. The molecule has 1 heterocycles. The van der Waals surface area contributed by atoms with Crippen LogP contribution < -0.4 is 11.1 Å². The van der Waals surface area contributed by atoms with Gasteiger partial charge in [0.1, 0.15) is 0 Å². The summed E-state index contributed by atoms with van der Waals surface area (Å²) in [6.45, 7) is 6.00. The summed E-state index contributed by atoms with van der Waals surface area (Å²) in [5.74, 6) is 0.285. The van der Waals surface area contributed by atoms with Crippen LogP contribution in [0, 0.1) is 11.8 Å². The van der Waals surface area contributed by atoms with Crippen LogP contribution in [0.2, 0.25) is 0 Å². The van der Waals surface area contributed by atoms with Gasteiger partial charge in [-0.15, -0.1) is 0 Å². The Morgan fingerprint density at radius 3 is 2.68 bits per heavy atom. The van der Waals surface area contributed by atoms with Crippen molar-refractivity contribution in [3.63, 3.8) is 0 Å². The van der Waals surface area contributed by atoms with Crippen LogP contribution in [0.5, 0.6) is 0 Å². The molecule has 19 heavy (non-hydrogen) atoms. The summed E-state index contributed by atoms with van der Waals surface area (Å²) in [7, 11) is 0. The Bertz CT molecular complexity index is 607. The second kappa shape index (κ2) is 5.26. The van der Waals surface area contributed by atoms with Crippen molar-refractivity contribution < 1.29 is 4.79 Å². The van der Waals surface area contributed by atoms with Crippen molar-refractivity contribution in [2.24, 2.45) is 11.8 Å². The van der Waals surface area contributed by atoms with Crippen LogP contribution in [0.4, 0.5) is 11.4 Å². The first kappa shape index (κ1) is 13.3. The van der Waals surface area contributed by atoms with Crippen molar-refractivity contribution in [2.75, 3.05) is 11.1 Å². The number of hydrogen-bond donors (Lipinski definition) is 2. The zero-order chi connectivity index (χ0) is 14.0. The molecular weight excluding hydrogens is 238 g/mol. The largest absolute Gasteiger partial charge is 0.397 e. The van der Waals surface area contributed by atoms with Gasteiger partial charge < -0.3 is 11.1 Å². The maximum absolute atomic E-state index is 12.1. The third-order valence-electron chi connectivity index (χ3n) is 3.47.